The second-order valence-electron chi connectivity index (χ2n) is 9.21. The summed E-state index contributed by atoms with van der Waals surface area (Å²) in [5.41, 5.74) is 1.99. The molecule has 0 saturated carbocycles. The molecule has 0 fully saturated rings. The lowest BCUT2D eigenvalue weighted by Gasteiger charge is -2.14. The molecule has 9 heteroatoms. The fourth-order valence-electron chi connectivity index (χ4n) is 3.99. The average molecular weight is 529 g/mol. The predicted octanol–water partition coefficient (Wildman–Crippen LogP) is 5.43. The molecule has 2 N–H and O–H groups in total. The average Bonchev–Trinajstić information content (AvgIpc) is 3.25. The van der Waals surface area contributed by atoms with Gasteiger partial charge in [-0.05, 0) is 67.3 Å². The first-order chi connectivity index (χ1) is 16.8. The molecule has 0 amide bonds. The van der Waals surface area contributed by atoms with E-state index in [0.29, 0.717) is 33.2 Å². The fraction of sp³-hybridized carbons (Fsp3) is 0.222. The molecule has 1 aromatic heterocycles. The second kappa shape index (κ2) is 9.44. The summed E-state index contributed by atoms with van der Waals surface area (Å²) in [6, 6.07) is 14.5. The van der Waals surface area contributed by atoms with Gasteiger partial charge in [0.15, 0.2) is 9.84 Å². The molecule has 36 heavy (non-hydrogen) atoms. The number of benzene rings is 3. The van der Waals surface area contributed by atoms with Crippen molar-refractivity contribution >= 4 is 21.4 Å². The van der Waals surface area contributed by atoms with Crippen LogP contribution in [0.1, 0.15) is 30.7 Å². The first-order valence-corrected chi connectivity index (χ1v) is 13.4. The van der Waals surface area contributed by atoms with Gasteiger partial charge < -0.3 is 10.2 Å². The summed E-state index contributed by atoms with van der Waals surface area (Å²) >= 11 is 6.33. The highest BCUT2D eigenvalue weighted by Gasteiger charge is 2.25. The lowest BCUT2D eigenvalue weighted by Crippen LogP contribution is -2.15. The molecular formula is C27H26ClFN2O4S. The minimum absolute atomic E-state index is 0.00451. The molecule has 3 aromatic carbocycles. The Morgan fingerprint density at radius 2 is 1.75 bits per heavy atom. The Balaban J connectivity index is 1.87. The van der Waals surface area contributed by atoms with Crippen molar-refractivity contribution in [2.24, 2.45) is 0 Å². The zero-order valence-corrected chi connectivity index (χ0v) is 21.8. The quantitative estimate of drug-likeness (QED) is 0.348. The van der Waals surface area contributed by atoms with E-state index in [9.17, 15) is 18.6 Å². The summed E-state index contributed by atoms with van der Waals surface area (Å²) in [4.78, 5) is 4.60. The maximum absolute atomic E-state index is 15.6. The van der Waals surface area contributed by atoms with E-state index < -0.39 is 27.9 Å². The zero-order valence-electron chi connectivity index (χ0n) is 20.3. The second-order valence-corrected chi connectivity index (χ2v) is 11.6. The van der Waals surface area contributed by atoms with E-state index in [4.69, 9.17) is 11.6 Å². The van der Waals surface area contributed by atoms with Gasteiger partial charge in [0.1, 0.15) is 17.2 Å². The first kappa shape index (κ1) is 26.0. The number of hydrogen-bond acceptors (Lipinski definition) is 5. The van der Waals surface area contributed by atoms with Crippen molar-refractivity contribution in [1.82, 2.24) is 9.55 Å². The van der Waals surface area contributed by atoms with Crippen LogP contribution in [0.2, 0.25) is 5.02 Å². The van der Waals surface area contributed by atoms with Crippen molar-refractivity contribution in [3.8, 4) is 28.2 Å². The van der Waals surface area contributed by atoms with Gasteiger partial charge in [0, 0.05) is 23.0 Å². The highest BCUT2D eigenvalue weighted by Crippen LogP contribution is 2.34. The minimum Gasteiger partial charge on any atom is -0.392 e. The van der Waals surface area contributed by atoms with E-state index in [1.165, 1.54) is 18.2 Å². The van der Waals surface area contributed by atoms with E-state index >= 15 is 4.39 Å². The largest absolute Gasteiger partial charge is 0.392 e. The van der Waals surface area contributed by atoms with Crippen molar-refractivity contribution in [3.05, 3.63) is 88.5 Å². The smallest absolute Gasteiger partial charge is 0.175 e. The maximum atomic E-state index is 15.6. The highest BCUT2D eigenvalue weighted by molar-refractivity contribution is 7.90. The van der Waals surface area contributed by atoms with Crippen LogP contribution < -0.4 is 0 Å². The van der Waals surface area contributed by atoms with Crippen LogP contribution in [0, 0.1) is 12.7 Å². The Labute approximate surface area is 214 Å². The van der Waals surface area contributed by atoms with E-state index in [-0.39, 0.29) is 16.1 Å². The number of sulfone groups is 1. The summed E-state index contributed by atoms with van der Waals surface area (Å²) in [7, 11) is -3.59. The van der Waals surface area contributed by atoms with Crippen LogP contribution in [0.15, 0.2) is 65.7 Å². The van der Waals surface area contributed by atoms with E-state index in [1.807, 2.05) is 13.0 Å². The third kappa shape index (κ3) is 4.95. The molecule has 0 aliphatic carbocycles. The standard InChI is InChI=1S/C27H26ClFN2O4S/c1-16-20(6-5-7-21(16)28)26-30-25(27(2,3)33)14-31(26)23-11-10-17(12-22(23)29)18-8-9-19(15-32)24(13-18)36(4,34)35/h5-14,32-33H,15H2,1-4H3. The van der Waals surface area contributed by atoms with Gasteiger partial charge in [-0.25, -0.2) is 17.8 Å². The normalized spacial score (nSPS) is 12.2. The third-order valence-corrected chi connectivity index (χ3v) is 7.61. The zero-order chi connectivity index (χ0) is 26.4. The van der Waals surface area contributed by atoms with Crippen LogP contribution in [0.3, 0.4) is 0 Å². The van der Waals surface area contributed by atoms with Crippen LogP contribution >= 0.6 is 11.6 Å². The Bertz CT molecular complexity index is 1570. The molecule has 0 spiro atoms. The fourth-order valence-corrected chi connectivity index (χ4v) is 5.11. The molecule has 0 aliphatic rings. The molecule has 0 bridgehead atoms. The van der Waals surface area contributed by atoms with Gasteiger partial charge in [0.25, 0.3) is 0 Å². The number of rotatable bonds is 6. The summed E-state index contributed by atoms with van der Waals surface area (Å²) in [6.45, 7) is 4.62. The maximum Gasteiger partial charge on any atom is 0.175 e. The number of imidazole rings is 1. The van der Waals surface area contributed by atoms with Gasteiger partial charge in [-0.1, -0.05) is 41.9 Å². The van der Waals surface area contributed by atoms with Crippen LogP contribution in [0.4, 0.5) is 4.39 Å². The first-order valence-electron chi connectivity index (χ1n) is 11.1. The summed E-state index contributed by atoms with van der Waals surface area (Å²) in [6.07, 6.45) is 2.65. The van der Waals surface area contributed by atoms with Crippen molar-refractivity contribution in [2.75, 3.05) is 6.26 Å². The Hall–Kier alpha value is -3.04. The lowest BCUT2D eigenvalue weighted by atomic mass is 10.0. The molecule has 4 rings (SSSR count). The van der Waals surface area contributed by atoms with E-state index in [0.717, 1.165) is 11.8 Å². The minimum atomic E-state index is -3.59. The van der Waals surface area contributed by atoms with Crippen LogP contribution in [-0.2, 0) is 22.0 Å². The van der Waals surface area contributed by atoms with Crippen LogP contribution in [0.5, 0.6) is 0 Å². The van der Waals surface area contributed by atoms with Gasteiger partial charge in [-0.3, -0.25) is 4.57 Å². The summed E-state index contributed by atoms with van der Waals surface area (Å²) in [5, 5.41) is 20.6. The van der Waals surface area contributed by atoms with Gasteiger partial charge in [0.2, 0.25) is 0 Å². The number of aliphatic hydroxyl groups excluding tert-OH is 1. The molecule has 0 radical (unpaired) electrons. The van der Waals surface area contributed by atoms with Gasteiger partial charge in [-0.15, -0.1) is 0 Å². The van der Waals surface area contributed by atoms with Crippen LogP contribution in [0.25, 0.3) is 28.2 Å². The lowest BCUT2D eigenvalue weighted by molar-refractivity contribution is 0.0743. The molecular weight excluding hydrogens is 503 g/mol. The predicted molar refractivity (Wildman–Crippen MR) is 138 cm³/mol. The molecule has 0 saturated heterocycles. The van der Waals surface area contributed by atoms with Crippen LogP contribution in [-0.4, -0.2) is 34.4 Å². The summed E-state index contributed by atoms with van der Waals surface area (Å²) in [5.74, 6) is -0.147. The SMILES string of the molecule is Cc1c(Cl)cccc1-c1nc(C(C)(C)O)cn1-c1ccc(-c2ccc(CO)c(S(C)(=O)=O)c2)cc1F. The van der Waals surface area contributed by atoms with Gasteiger partial charge in [-0.2, -0.15) is 0 Å². The Morgan fingerprint density at radius 3 is 2.36 bits per heavy atom. The van der Waals surface area contributed by atoms with Gasteiger partial charge >= 0.3 is 0 Å². The molecule has 4 aromatic rings. The monoisotopic (exact) mass is 528 g/mol. The molecule has 6 nitrogen and oxygen atoms in total. The molecule has 0 unspecified atom stereocenters. The van der Waals surface area contributed by atoms with E-state index in [1.54, 1.807) is 54.9 Å². The molecule has 0 aliphatic heterocycles. The van der Waals surface area contributed by atoms with Crippen molar-refractivity contribution in [3.63, 3.8) is 0 Å². The number of nitrogens with zero attached hydrogens (tertiary/aromatic N) is 2. The number of hydrogen-bond donors (Lipinski definition) is 2. The van der Waals surface area contributed by atoms with Crippen molar-refractivity contribution in [1.29, 1.82) is 0 Å². The van der Waals surface area contributed by atoms with Gasteiger partial charge in [0.05, 0.1) is 22.9 Å². The topological polar surface area (TPSA) is 92.4 Å². The number of halogens is 2. The number of aromatic nitrogens is 2. The summed E-state index contributed by atoms with van der Waals surface area (Å²) < 4.78 is 41.5. The van der Waals surface area contributed by atoms with E-state index in [2.05, 4.69) is 4.98 Å². The number of aliphatic hydroxyl groups is 2. The molecule has 0 atom stereocenters. The third-order valence-electron chi connectivity index (χ3n) is 6.02. The molecule has 188 valence electrons. The van der Waals surface area contributed by atoms with Crippen molar-refractivity contribution < 1.29 is 23.0 Å². The Morgan fingerprint density at radius 1 is 1.08 bits per heavy atom. The molecule has 1 heterocycles. The Kier molecular flexibility index (Phi) is 6.83. The highest BCUT2D eigenvalue weighted by atomic mass is 35.5. The van der Waals surface area contributed by atoms with Crippen molar-refractivity contribution in [2.45, 2.75) is 37.9 Å².